The molecule has 4 rings (SSSR count). The summed E-state index contributed by atoms with van der Waals surface area (Å²) in [6, 6.07) is 12.6. The zero-order chi connectivity index (χ0) is 20.8. The Bertz CT molecular complexity index is 1040. The molecule has 0 aliphatic carbocycles. The lowest BCUT2D eigenvalue weighted by Crippen LogP contribution is -2.20. The minimum Gasteiger partial charge on any atom is -0.483 e. The molecule has 2 heterocycles. The molecule has 8 nitrogen and oxygen atoms in total. The smallest absolute Gasteiger partial charge is 0.290 e. The van der Waals surface area contributed by atoms with Crippen LogP contribution >= 0.6 is 0 Å². The molecule has 1 atom stereocenters. The summed E-state index contributed by atoms with van der Waals surface area (Å²) in [5.74, 6) is 0. The molecule has 150 valence electrons. The van der Waals surface area contributed by atoms with Gasteiger partial charge in [-0.3, -0.25) is 10.0 Å². The first-order chi connectivity index (χ1) is 14.0. The summed E-state index contributed by atoms with van der Waals surface area (Å²) in [6.07, 6.45) is 1.96. The normalized spacial score (nSPS) is 16.4. The number of halogens is 1. The number of nitrogens with zero attached hydrogens (tertiary/aromatic N) is 3. The van der Waals surface area contributed by atoms with Crippen molar-refractivity contribution >= 4 is 34.3 Å². The van der Waals surface area contributed by atoms with E-state index in [9.17, 15) is 9.60 Å². The van der Waals surface area contributed by atoms with E-state index in [1.54, 1.807) is 24.3 Å². The standard InChI is InChI=1S/C19H17FN4O2.CH2O2/c20-13-7-8-26-24(25)19-4-2-1-3-14(19)16(10-13)12-5-6-15-17(21)11-22-23-18(15)9-12;2-1-3/h1-6,9-11,13,25H,7-8H2,(H2,21,23);1H,(H,2,3). The second-order valence-electron chi connectivity index (χ2n) is 6.15. The summed E-state index contributed by atoms with van der Waals surface area (Å²) < 4.78 is 14.4. The molecule has 0 radical (unpaired) electrons. The van der Waals surface area contributed by atoms with E-state index in [1.165, 1.54) is 6.20 Å². The summed E-state index contributed by atoms with van der Waals surface area (Å²) in [5, 5.41) is 26.5. The molecular formula is C20H19FN4O4. The second kappa shape index (κ2) is 9.09. The molecule has 0 spiro atoms. The summed E-state index contributed by atoms with van der Waals surface area (Å²) in [4.78, 5) is 13.6. The average Bonchev–Trinajstić information content (AvgIpc) is 2.78. The number of nitrogen functional groups attached to an aromatic ring is 1. The maximum Gasteiger partial charge on any atom is 0.290 e. The summed E-state index contributed by atoms with van der Waals surface area (Å²) in [5.41, 5.74) is 9.56. The quantitative estimate of drug-likeness (QED) is 0.534. The number of aromatic nitrogens is 2. The molecule has 2 aromatic carbocycles. The van der Waals surface area contributed by atoms with Crippen molar-refractivity contribution < 1.29 is 24.3 Å². The highest BCUT2D eigenvalue weighted by Crippen LogP contribution is 2.34. The van der Waals surface area contributed by atoms with E-state index >= 15 is 0 Å². The van der Waals surface area contributed by atoms with E-state index in [1.807, 2.05) is 24.3 Å². The van der Waals surface area contributed by atoms with Crippen LogP contribution in [-0.4, -0.2) is 39.8 Å². The molecule has 3 aromatic rings. The van der Waals surface area contributed by atoms with Gasteiger partial charge in [0.2, 0.25) is 0 Å². The van der Waals surface area contributed by atoms with Crippen molar-refractivity contribution in [1.29, 1.82) is 0 Å². The SMILES string of the molecule is Nc1cnnc2cc(C3=CC(F)CCON(O)c4ccccc43)ccc12.O=CO. The molecule has 0 saturated heterocycles. The van der Waals surface area contributed by atoms with Crippen molar-refractivity contribution in [3.63, 3.8) is 0 Å². The van der Waals surface area contributed by atoms with Crippen LogP contribution in [-0.2, 0) is 9.63 Å². The molecule has 9 heteroatoms. The first-order valence-electron chi connectivity index (χ1n) is 8.71. The summed E-state index contributed by atoms with van der Waals surface area (Å²) in [6.45, 7) is -0.185. The van der Waals surface area contributed by atoms with Gasteiger partial charge in [0, 0.05) is 17.4 Å². The Hall–Kier alpha value is -3.56. The fourth-order valence-electron chi connectivity index (χ4n) is 3.04. The van der Waals surface area contributed by atoms with Crippen LogP contribution in [0.15, 0.2) is 54.7 Å². The van der Waals surface area contributed by atoms with Gasteiger partial charge in [-0.15, -0.1) is 5.23 Å². The lowest BCUT2D eigenvalue weighted by Gasteiger charge is -2.19. The van der Waals surface area contributed by atoms with Crippen molar-refractivity contribution in [2.24, 2.45) is 0 Å². The van der Waals surface area contributed by atoms with E-state index in [2.05, 4.69) is 10.2 Å². The Morgan fingerprint density at radius 1 is 1.28 bits per heavy atom. The Labute approximate surface area is 165 Å². The monoisotopic (exact) mass is 398 g/mol. The average molecular weight is 398 g/mol. The summed E-state index contributed by atoms with van der Waals surface area (Å²) in [7, 11) is 0. The predicted octanol–water partition coefficient (Wildman–Crippen LogP) is 3.21. The number of anilines is 2. The van der Waals surface area contributed by atoms with Gasteiger partial charge in [-0.25, -0.2) is 9.23 Å². The molecule has 4 N–H and O–H groups in total. The highest BCUT2D eigenvalue weighted by Gasteiger charge is 2.20. The minimum atomic E-state index is -1.22. The van der Waals surface area contributed by atoms with Crippen molar-refractivity contribution in [3.05, 3.63) is 65.9 Å². The van der Waals surface area contributed by atoms with E-state index in [4.69, 9.17) is 20.5 Å². The number of alkyl halides is 1. The Kier molecular flexibility index (Phi) is 6.32. The van der Waals surface area contributed by atoms with Gasteiger partial charge in [-0.2, -0.15) is 10.2 Å². The number of para-hydroxylation sites is 1. The van der Waals surface area contributed by atoms with Crippen LogP contribution in [0.4, 0.5) is 15.8 Å². The molecule has 1 aliphatic heterocycles. The third kappa shape index (κ3) is 4.48. The minimum absolute atomic E-state index is 0.0650. The Morgan fingerprint density at radius 2 is 2.03 bits per heavy atom. The molecule has 0 fully saturated rings. The fourth-order valence-corrected chi connectivity index (χ4v) is 3.04. The van der Waals surface area contributed by atoms with Crippen LogP contribution in [0.5, 0.6) is 0 Å². The van der Waals surface area contributed by atoms with Crippen molar-refractivity contribution in [2.75, 3.05) is 17.6 Å². The first-order valence-corrected chi connectivity index (χ1v) is 8.71. The highest BCUT2D eigenvalue weighted by atomic mass is 19.1. The summed E-state index contributed by atoms with van der Waals surface area (Å²) >= 11 is 0. The molecular weight excluding hydrogens is 379 g/mol. The van der Waals surface area contributed by atoms with Crippen LogP contribution in [0.1, 0.15) is 17.5 Å². The van der Waals surface area contributed by atoms with Crippen LogP contribution in [0.2, 0.25) is 0 Å². The molecule has 1 aromatic heterocycles. The van der Waals surface area contributed by atoms with E-state index in [0.717, 1.165) is 10.9 Å². The highest BCUT2D eigenvalue weighted by molar-refractivity contribution is 5.94. The van der Waals surface area contributed by atoms with Gasteiger partial charge in [-0.1, -0.05) is 24.3 Å². The van der Waals surface area contributed by atoms with Crippen LogP contribution in [0.3, 0.4) is 0 Å². The fraction of sp³-hybridized carbons (Fsp3) is 0.150. The maximum atomic E-state index is 14.4. The number of carboxylic acid groups (broad SMARTS) is 1. The topological polar surface area (TPSA) is 122 Å². The van der Waals surface area contributed by atoms with Gasteiger partial charge in [0.1, 0.15) is 11.9 Å². The van der Waals surface area contributed by atoms with Gasteiger partial charge >= 0.3 is 0 Å². The number of hydrogen-bond acceptors (Lipinski definition) is 7. The van der Waals surface area contributed by atoms with Gasteiger partial charge in [0.25, 0.3) is 6.47 Å². The first kappa shape index (κ1) is 20.2. The van der Waals surface area contributed by atoms with Gasteiger partial charge in [0.15, 0.2) is 0 Å². The number of rotatable bonds is 1. The second-order valence-corrected chi connectivity index (χ2v) is 6.15. The van der Waals surface area contributed by atoms with Crippen molar-refractivity contribution in [3.8, 4) is 0 Å². The van der Waals surface area contributed by atoms with Crippen molar-refractivity contribution in [2.45, 2.75) is 12.6 Å². The molecule has 0 saturated carbocycles. The molecule has 29 heavy (non-hydrogen) atoms. The number of benzene rings is 2. The molecule has 1 aliphatic rings. The third-order valence-electron chi connectivity index (χ3n) is 4.34. The van der Waals surface area contributed by atoms with E-state index < -0.39 is 6.17 Å². The van der Waals surface area contributed by atoms with Gasteiger partial charge in [0.05, 0.1) is 24.0 Å². The van der Waals surface area contributed by atoms with Crippen LogP contribution in [0, 0.1) is 0 Å². The maximum absolute atomic E-state index is 14.4. The molecule has 1 unspecified atom stereocenters. The number of allylic oxidation sites excluding steroid dienone is 1. The van der Waals surface area contributed by atoms with Gasteiger partial charge < -0.3 is 10.8 Å². The third-order valence-corrected chi connectivity index (χ3v) is 4.34. The van der Waals surface area contributed by atoms with Gasteiger partial charge in [-0.05, 0) is 35.4 Å². The Balaban J connectivity index is 0.000000755. The lowest BCUT2D eigenvalue weighted by molar-refractivity contribution is -0.122. The van der Waals surface area contributed by atoms with Crippen LogP contribution in [0.25, 0.3) is 16.5 Å². The zero-order valence-corrected chi connectivity index (χ0v) is 15.3. The number of carbonyl (C=O) groups is 1. The van der Waals surface area contributed by atoms with Crippen molar-refractivity contribution in [1.82, 2.24) is 10.2 Å². The number of nitrogens with two attached hydrogens (primary N) is 1. The molecule has 0 amide bonds. The lowest BCUT2D eigenvalue weighted by atomic mass is 9.94. The van der Waals surface area contributed by atoms with E-state index in [-0.39, 0.29) is 19.5 Å². The number of hydrogen-bond donors (Lipinski definition) is 3. The van der Waals surface area contributed by atoms with E-state index in [0.29, 0.717) is 33.3 Å². The van der Waals surface area contributed by atoms with Crippen LogP contribution < -0.4 is 11.0 Å². The largest absolute Gasteiger partial charge is 0.483 e. The predicted molar refractivity (Wildman–Crippen MR) is 106 cm³/mol. The number of fused-ring (bicyclic) bond motifs is 2. The Morgan fingerprint density at radius 3 is 2.83 bits per heavy atom. The zero-order valence-electron chi connectivity index (χ0n) is 15.3. The molecule has 0 bridgehead atoms.